The van der Waals surface area contributed by atoms with Crippen LogP contribution in [0.1, 0.15) is 50.1 Å². The number of rotatable bonds is 7. The van der Waals surface area contributed by atoms with Crippen molar-refractivity contribution in [2.75, 3.05) is 0 Å². The van der Waals surface area contributed by atoms with Gasteiger partial charge < -0.3 is 0 Å². The summed E-state index contributed by atoms with van der Waals surface area (Å²) in [7, 11) is 2.00. The van der Waals surface area contributed by atoms with Crippen LogP contribution in [0.25, 0.3) is 0 Å². The van der Waals surface area contributed by atoms with Crippen molar-refractivity contribution >= 4 is 0 Å². The highest BCUT2D eigenvalue weighted by atomic mass is 15.3. The van der Waals surface area contributed by atoms with Crippen LogP contribution in [-0.4, -0.2) is 15.8 Å². The molecule has 0 saturated carbocycles. The van der Waals surface area contributed by atoms with Gasteiger partial charge in [0.2, 0.25) is 0 Å². The molecule has 0 aliphatic carbocycles. The summed E-state index contributed by atoms with van der Waals surface area (Å²) in [5, 5.41) is 4.46. The summed E-state index contributed by atoms with van der Waals surface area (Å²) in [6.07, 6.45) is 4.60. The molecule has 2 unspecified atom stereocenters. The molecule has 2 atom stereocenters. The lowest BCUT2D eigenvalue weighted by atomic mass is 9.93. The molecule has 104 valence electrons. The summed E-state index contributed by atoms with van der Waals surface area (Å²) in [6.45, 7) is 8.73. The number of hydrazine groups is 1. The van der Waals surface area contributed by atoms with E-state index in [1.165, 1.54) is 24.1 Å². The largest absolute Gasteiger partial charge is 0.272 e. The minimum absolute atomic E-state index is 0.341. The second-order valence-corrected chi connectivity index (χ2v) is 5.47. The Morgan fingerprint density at radius 3 is 2.50 bits per heavy atom. The van der Waals surface area contributed by atoms with Gasteiger partial charge in [-0.25, -0.2) is 0 Å². The Morgan fingerprint density at radius 1 is 1.39 bits per heavy atom. The molecule has 0 radical (unpaired) electrons. The molecule has 18 heavy (non-hydrogen) atoms. The lowest BCUT2D eigenvalue weighted by molar-refractivity contribution is 0.384. The second-order valence-electron chi connectivity index (χ2n) is 5.47. The highest BCUT2D eigenvalue weighted by Gasteiger charge is 2.17. The number of hydrogen-bond donors (Lipinski definition) is 2. The van der Waals surface area contributed by atoms with Gasteiger partial charge in [-0.05, 0) is 38.2 Å². The fraction of sp³-hybridized carbons (Fsp3) is 0.786. The van der Waals surface area contributed by atoms with Crippen molar-refractivity contribution in [2.24, 2.45) is 18.8 Å². The minimum Gasteiger partial charge on any atom is -0.272 e. The molecule has 3 N–H and O–H groups in total. The topological polar surface area (TPSA) is 55.9 Å². The molecule has 1 heterocycles. The van der Waals surface area contributed by atoms with Crippen molar-refractivity contribution in [3.63, 3.8) is 0 Å². The Hall–Kier alpha value is -0.870. The lowest BCUT2D eigenvalue weighted by Gasteiger charge is -2.20. The van der Waals surface area contributed by atoms with Crippen molar-refractivity contribution < 1.29 is 0 Å². The maximum atomic E-state index is 5.69. The van der Waals surface area contributed by atoms with Gasteiger partial charge in [0, 0.05) is 18.8 Å². The van der Waals surface area contributed by atoms with Gasteiger partial charge in [0.25, 0.3) is 0 Å². The van der Waals surface area contributed by atoms with Crippen molar-refractivity contribution in [3.05, 3.63) is 17.0 Å². The van der Waals surface area contributed by atoms with E-state index < -0.39 is 0 Å². The van der Waals surface area contributed by atoms with Crippen LogP contribution in [0.15, 0.2) is 0 Å². The molecular weight excluding hydrogens is 224 g/mol. The Bertz CT molecular complexity index is 370. The van der Waals surface area contributed by atoms with Gasteiger partial charge in [-0.15, -0.1) is 0 Å². The quantitative estimate of drug-likeness (QED) is 0.578. The molecule has 0 fully saturated rings. The summed E-state index contributed by atoms with van der Waals surface area (Å²) < 4.78 is 1.95. The van der Waals surface area contributed by atoms with Crippen molar-refractivity contribution in [1.82, 2.24) is 15.2 Å². The van der Waals surface area contributed by atoms with Crippen molar-refractivity contribution in [3.8, 4) is 0 Å². The van der Waals surface area contributed by atoms with Gasteiger partial charge in [-0.3, -0.25) is 16.0 Å². The monoisotopic (exact) mass is 252 g/mol. The lowest BCUT2D eigenvalue weighted by Crippen LogP contribution is -2.38. The maximum Gasteiger partial charge on any atom is 0.0628 e. The van der Waals surface area contributed by atoms with Crippen LogP contribution in [0.3, 0.4) is 0 Å². The van der Waals surface area contributed by atoms with Gasteiger partial charge >= 0.3 is 0 Å². The molecule has 0 bridgehead atoms. The Kier molecular flexibility index (Phi) is 5.82. The van der Waals surface area contributed by atoms with Crippen LogP contribution in [0.2, 0.25) is 0 Å². The smallest absolute Gasteiger partial charge is 0.0628 e. The molecule has 0 saturated heterocycles. The molecule has 0 aliphatic rings. The van der Waals surface area contributed by atoms with Crippen molar-refractivity contribution in [1.29, 1.82) is 0 Å². The summed E-state index contributed by atoms with van der Waals surface area (Å²) in [6, 6.07) is 0.341. The maximum absolute atomic E-state index is 5.69. The van der Waals surface area contributed by atoms with Crippen LogP contribution in [0.5, 0.6) is 0 Å². The molecule has 1 aromatic heterocycles. The first kappa shape index (κ1) is 15.2. The molecule has 0 spiro atoms. The van der Waals surface area contributed by atoms with Crippen LogP contribution in [-0.2, 0) is 13.5 Å². The average Bonchev–Trinajstić information content (AvgIpc) is 2.55. The van der Waals surface area contributed by atoms with E-state index in [4.69, 9.17) is 5.84 Å². The minimum atomic E-state index is 0.341. The summed E-state index contributed by atoms with van der Waals surface area (Å²) in [5.74, 6) is 6.41. The first-order valence-electron chi connectivity index (χ1n) is 6.94. The van der Waals surface area contributed by atoms with Gasteiger partial charge in [-0.2, -0.15) is 5.10 Å². The third-order valence-electron chi connectivity index (χ3n) is 3.81. The van der Waals surface area contributed by atoms with Crippen LogP contribution in [0.4, 0.5) is 0 Å². The number of aryl methyl sites for hydroxylation is 2. The first-order chi connectivity index (χ1) is 8.49. The van der Waals surface area contributed by atoms with Crippen LogP contribution >= 0.6 is 0 Å². The molecule has 0 aliphatic heterocycles. The van der Waals surface area contributed by atoms with E-state index in [9.17, 15) is 0 Å². The van der Waals surface area contributed by atoms with E-state index in [1.54, 1.807) is 0 Å². The molecule has 0 aromatic carbocycles. The van der Waals surface area contributed by atoms with E-state index in [0.717, 1.165) is 18.5 Å². The predicted molar refractivity (Wildman–Crippen MR) is 76.2 cm³/mol. The first-order valence-corrected chi connectivity index (χ1v) is 6.94. The zero-order chi connectivity index (χ0) is 13.7. The van der Waals surface area contributed by atoms with E-state index in [1.807, 2.05) is 11.7 Å². The zero-order valence-corrected chi connectivity index (χ0v) is 12.5. The van der Waals surface area contributed by atoms with E-state index in [2.05, 4.69) is 38.2 Å². The van der Waals surface area contributed by atoms with E-state index in [-0.39, 0.29) is 0 Å². The standard InChI is InChI=1S/C14H28N4/c1-6-7-10(2)8-13(16-15)9-14-11(3)17-18(5)12(14)4/h10,13,16H,6-9,15H2,1-5H3. The Labute approximate surface area is 111 Å². The third-order valence-corrected chi connectivity index (χ3v) is 3.81. The summed E-state index contributed by atoms with van der Waals surface area (Å²) in [4.78, 5) is 0. The molecule has 1 rings (SSSR count). The van der Waals surface area contributed by atoms with Gasteiger partial charge in [0.1, 0.15) is 0 Å². The number of aromatic nitrogens is 2. The highest BCUT2D eigenvalue weighted by Crippen LogP contribution is 2.19. The second kappa shape index (κ2) is 6.90. The molecule has 0 amide bonds. The molecule has 1 aromatic rings. The molecule has 4 nitrogen and oxygen atoms in total. The average molecular weight is 252 g/mol. The van der Waals surface area contributed by atoms with Crippen molar-refractivity contribution in [2.45, 2.75) is 59.4 Å². The van der Waals surface area contributed by atoms with E-state index in [0.29, 0.717) is 12.0 Å². The third kappa shape index (κ3) is 3.82. The molecular formula is C14H28N4. The Morgan fingerprint density at radius 2 is 2.06 bits per heavy atom. The summed E-state index contributed by atoms with van der Waals surface area (Å²) >= 11 is 0. The van der Waals surface area contributed by atoms with E-state index >= 15 is 0 Å². The number of nitrogens with two attached hydrogens (primary N) is 1. The van der Waals surface area contributed by atoms with Gasteiger partial charge in [0.05, 0.1) is 5.69 Å². The van der Waals surface area contributed by atoms with Gasteiger partial charge in [-0.1, -0.05) is 26.7 Å². The number of nitrogens with one attached hydrogen (secondary N) is 1. The van der Waals surface area contributed by atoms with Crippen LogP contribution < -0.4 is 11.3 Å². The SMILES string of the molecule is CCCC(C)CC(Cc1c(C)nn(C)c1C)NN. The fourth-order valence-electron chi connectivity index (χ4n) is 2.67. The number of hydrogen-bond acceptors (Lipinski definition) is 3. The fourth-order valence-corrected chi connectivity index (χ4v) is 2.67. The summed E-state index contributed by atoms with van der Waals surface area (Å²) in [5.41, 5.74) is 6.67. The van der Waals surface area contributed by atoms with Gasteiger partial charge in [0.15, 0.2) is 0 Å². The van der Waals surface area contributed by atoms with Crippen LogP contribution in [0, 0.1) is 19.8 Å². The Balaban J connectivity index is 2.68. The predicted octanol–water partition coefficient (Wildman–Crippen LogP) is 2.24. The molecule has 4 heteroatoms. The highest BCUT2D eigenvalue weighted by molar-refractivity contribution is 5.25. The normalized spacial score (nSPS) is 14.8. The zero-order valence-electron chi connectivity index (χ0n) is 12.5. The number of nitrogens with zero attached hydrogens (tertiary/aromatic N) is 2.